The number of nitrogens with zero attached hydrogens (tertiary/aromatic N) is 3. The van der Waals surface area contributed by atoms with Crippen LogP contribution in [0.4, 0.5) is 0 Å². The van der Waals surface area contributed by atoms with Crippen molar-refractivity contribution in [2.45, 2.75) is 39.7 Å². The van der Waals surface area contributed by atoms with E-state index in [1.807, 2.05) is 50.4 Å². The van der Waals surface area contributed by atoms with E-state index in [0.29, 0.717) is 6.54 Å². The Kier molecular flexibility index (Phi) is 6.24. The fraction of sp³-hybridized carbons (Fsp3) is 0.250. The highest BCUT2D eigenvalue weighted by molar-refractivity contribution is 6.02. The number of hydrogen-bond acceptors (Lipinski definition) is 3. The fourth-order valence-electron chi connectivity index (χ4n) is 4.07. The third-order valence-corrected chi connectivity index (χ3v) is 6.25. The minimum Gasteiger partial charge on any atom is -0.347 e. The Hall–Kier alpha value is -3.93. The molecule has 0 saturated heterocycles. The number of hydrazone groups is 1. The Morgan fingerprint density at radius 1 is 1.03 bits per heavy atom. The molecular weight excluding hydrogens is 424 g/mol. The second-order valence-electron chi connectivity index (χ2n) is 9.58. The van der Waals surface area contributed by atoms with Gasteiger partial charge in [0, 0.05) is 35.4 Å². The third kappa shape index (κ3) is 4.57. The van der Waals surface area contributed by atoms with Gasteiger partial charge < -0.3 is 9.13 Å². The van der Waals surface area contributed by atoms with Crippen molar-refractivity contribution < 1.29 is 4.79 Å². The molecular formula is C28H30N4O2. The van der Waals surface area contributed by atoms with Gasteiger partial charge in [0.25, 0.3) is 11.5 Å². The molecule has 2 aromatic heterocycles. The summed E-state index contributed by atoms with van der Waals surface area (Å²) in [7, 11) is 2.00. The van der Waals surface area contributed by atoms with Gasteiger partial charge >= 0.3 is 0 Å². The first kappa shape index (κ1) is 23.2. The number of nitrogens with one attached hydrogen (secondary N) is 1. The van der Waals surface area contributed by atoms with Gasteiger partial charge in [0.2, 0.25) is 0 Å². The number of hydrogen-bond donors (Lipinski definition) is 1. The average Bonchev–Trinajstić information content (AvgIpc) is 3.05. The predicted molar refractivity (Wildman–Crippen MR) is 138 cm³/mol. The van der Waals surface area contributed by atoms with Crippen molar-refractivity contribution in [3.63, 3.8) is 0 Å². The van der Waals surface area contributed by atoms with Gasteiger partial charge in [0.15, 0.2) is 0 Å². The number of fused-ring (bicyclic) bond motifs is 1. The molecule has 0 aliphatic heterocycles. The van der Waals surface area contributed by atoms with Gasteiger partial charge in [-0.1, -0.05) is 63.2 Å². The number of amides is 1. The SMILES string of the molecule is Cc1c(/C=N\NC(=O)c2cccn(Cc3ccc(C(C)(C)C)cc3)c2=O)c2ccccc2n1C. The lowest BCUT2D eigenvalue weighted by Crippen LogP contribution is -2.30. The maximum atomic E-state index is 13.0. The van der Waals surface area contributed by atoms with E-state index < -0.39 is 5.91 Å². The molecule has 4 aromatic rings. The number of aromatic nitrogens is 2. The summed E-state index contributed by atoms with van der Waals surface area (Å²) < 4.78 is 3.63. The van der Waals surface area contributed by atoms with E-state index >= 15 is 0 Å². The molecule has 1 N–H and O–H groups in total. The van der Waals surface area contributed by atoms with E-state index in [9.17, 15) is 9.59 Å². The van der Waals surface area contributed by atoms with Gasteiger partial charge in [-0.25, -0.2) is 5.43 Å². The van der Waals surface area contributed by atoms with Crippen molar-refractivity contribution >= 4 is 23.0 Å². The molecule has 0 unspecified atom stereocenters. The molecule has 0 bridgehead atoms. The fourth-order valence-corrected chi connectivity index (χ4v) is 4.07. The highest BCUT2D eigenvalue weighted by atomic mass is 16.2. The van der Waals surface area contributed by atoms with Crippen LogP contribution >= 0.6 is 0 Å². The largest absolute Gasteiger partial charge is 0.347 e. The number of para-hydroxylation sites is 1. The number of aryl methyl sites for hydroxylation is 1. The average molecular weight is 455 g/mol. The van der Waals surface area contributed by atoms with Crippen LogP contribution in [0.5, 0.6) is 0 Å². The van der Waals surface area contributed by atoms with E-state index in [2.05, 4.69) is 48.0 Å². The first-order valence-electron chi connectivity index (χ1n) is 11.3. The zero-order valence-corrected chi connectivity index (χ0v) is 20.3. The van der Waals surface area contributed by atoms with Gasteiger partial charge in [-0.3, -0.25) is 9.59 Å². The van der Waals surface area contributed by atoms with Gasteiger partial charge in [0.1, 0.15) is 5.56 Å². The maximum absolute atomic E-state index is 13.0. The smallest absolute Gasteiger partial charge is 0.276 e. The van der Waals surface area contributed by atoms with Crippen LogP contribution in [0.25, 0.3) is 10.9 Å². The molecule has 1 amide bonds. The summed E-state index contributed by atoms with van der Waals surface area (Å²) in [5, 5.41) is 5.20. The third-order valence-electron chi connectivity index (χ3n) is 6.25. The Balaban J connectivity index is 1.51. The Bertz CT molecular complexity index is 1430. The molecule has 0 aliphatic carbocycles. The van der Waals surface area contributed by atoms with Crippen molar-refractivity contribution in [3.8, 4) is 0 Å². The molecule has 34 heavy (non-hydrogen) atoms. The van der Waals surface area contributed by atoms with Crippen LogP contribution in [-0.4, -0.2) is 21.3 Å². The van der Waals surface area contributed by atoms with Crippen molar-refractivity contribution in [2.75, 3.05) is 0 Å². The van der Waals surface area contributed by atoms with Crippen molar-refractivity contribution in [1.82, 2.24) is 14.6 Å². The summed E-state index contributed by atoms with van der Waals surface area (Å²) in [6.07, 6.45) is 3.33. The minimum absolute atomic E-state index is 0.0561. The molecule has 2 aromatic carbocycles. The molecule has 6 nitrogen and oxygen atoms in total. The molecule has 0 radical (unpaired) electrons. The van der Waals surface area contributed by atoms with E-state index in [4.69, 9.17) is 0 Å². The summed E-state index contributed by atoms with van der Waals surface area (Å²) in [6, 6.07) is 19.5. The summed E-state index contributed by atoms with van der Waals surface area (Å²) in [5.41, 5.74) is 7.58. The molecule has 0 spiro atoms. The van der Waals surface area contributed by atoms with Crippen LogP contribution in [0.2, 0.25) is 0 Å². The van der Waals surface area contributed by atoms with Crippen molar-refractivity contribution in [2.24, 2.45) is 12.1 Å². The van der Waals surface area contributed by atoms with Crippen LogP contribution in [0.1, 0.15) is 53.5 Å². The zero-order valence-electron chi connectivity index (χ0n) is 20.3. The molecule has 0 aliphatic rings. The normalized spacial score (nSPS) is 11.9. The maximum Gasteiger partial charge on any atom is 0.276 e. The molecule has 4 rings (SSSR count). The molecule has 0 saturated carbocycles. The predicted octanol–water partition coefficient (Wildman–Crippen LogP) is 4.76. The lowest BCUT2D eigenvalue weighted by Gasteiger charge is -2.19. The van der Waals surface area contributed by atoms with Crippen LogP contribution in [0, 0.1) is 6.92 Å². The Labute approximate surface area is 199 Å². The minimum atomic E-state index is -0.531. The number of benzene rings is 2. The highest BCUT2D eigenvalue weighted by Crippen LogP contribution is 2.23. The molecule has 2 heterocycles. The zero-order chi connectivity index (χ0) is 24.5. The summed E-state index contributed by atoms with van der Waals surface area (Å²) in [4.78, 5) is 25.7. The molecule has 6 heteroatoms. The van der Waals surface area contributed by atoms with E-state index in [1.165, 1.54) is 11.6 Å². The lowest BCUT2D eigenvalue weighted by atomic mass is 9.87. The lowest BCUT2D eigenvalue weighted by molar-refractivity contribution is 0.0953. The Morgan fingerprint density at radius 2 is 1.74 bits per heavy atom. The second-order valence-corrected chi connectivity index (χ2v) is 9.58. The number of pyridine rings is 1. The van der Waals surface area contributed by atoms with Gasteiger partial charge in [-0.15, -0.1) is 0 Å². The molecule has 0 fully saturated rings. The first-order valence-corrected chi connectivity index (χ1v) is 11.3. The topological polar surface area (TPSA) is 68.4 Å². The van der Waals surface area contributed by atoms with Crippen LogP contribution in [0.15, 0.2) is 76.8 Å². The van der Waals surface area contributed by atoms with Gasteiger partial charge in [0.05, 0.1) is 12.8 Å². The van der Waals surface area contributed by atoms with Crippen LogP contribution in [-0.2, 0) is 19.0 Å². The highest BCUT2D eigenvalue weighted by Gasteiger charge is 2.15. The summed E-state index contributed by atoms with van der Waals surface area (Å²) >= 11 is 0. The molecule has 174 valence electrons. The number of carbonyl (C=O) groups is 1. The first-order chi connectivity index (χ1) is 16.2. The van der Waals surface area contributed by atoms with Gasteiger partial charge in [-0.05, 0) is 41.7 Å². The Morgan fingerprint density at radius 3 is 2.44 bits per heavy atom. The van der Waals surface area contributed by atoms with E-state index in [0.717, 1.165) is 27.7 Å². The van der Waals surface area contributed by atoms with Crippen molar-refractivity contribution in [3.05, 3.63) is 105 Å². The molecule has 0 atom stereocenters. The standard InChI is InChI=1S/C28H30N4O2/c1-19-24(22-9-6-7-11-25(22)31(19)5)17-29-30-26(33)23-10-8-16-32(27(23)34)18-20-12-14-21(15-13-20)28(2,3)4/h6-17H,18H2,1-5H3,(H,30,33)/b29-17-. The van der Waals surface area contributed by atoms with E-state index in [-0.39, 0.29) is 16.5 Å². The number of rotatable bonds is 5. The van der Waals surface area contributed by atoms with Crippen LogP contribution in [0.3, 0.4) is 0 Å². The number of carbonyl (C=O) groups excluding carboxylic acids is 1. The summed E-state index contributed by atoms with van der Waals surface area (Å²) in [6.45, 7) is 8.89. The summed E-state index contributed by atoms with van der Waals surface area (Å²) in [5.74, 6) is -0.531. The van der Waals surface area contributed by atoms with Crippen LogP contribution < -0.4 is 11.0 Å². The van der Waals surface area contributed by atoms with Crippen molar-refractivity contribution in [1.29, 1.82) is 0 Å². The van der Waals surface area contributed by atoms with Gasteiger partial charge in [-0.2, -0.15) is 5.10 Å². The monoisotopic (exact) mass is 454 g/mol. The second kappa shape index (κ2) is 9.14. The quantitative estimate of drug-likeness (QED) is 0.349. The van der Waals surface area contributed by atoms with E-state index in [1.54, 1.807) is 23.0 Å².